The third-order valence-electron chi connectivity index (χ3n) is 7.04. The molecule has 2 atom stereocenters. The third kappa shape index (κ3) is 8.16. The van der Waals surface area contributed by atoms with Crippen molar-refractivity contribution < 1.29 is 22.4 Å². The van der Waals surface area contributed by atoms with E-state index in [1.807, 2.05) is 40.7 Å². The summed E-state index contributed by atoms with van der Waals surface area (Å²) < 4.78 is 42.8. The van der Waals surface area contributed by atoms with Gasteiger partial charge in [0.2, 0.25) is 11.8 Å². The average Bonchev–Trinajstić information content (AvgIpc) is 2.92. The van der Waals surface area contributed by atoms with Crippen molar-refractivity contribution >= 4 is 27.5 Å². The van der Waals surface area contributed by atoms with Gasteiger partial charge < -0.3 is 10.2 Å². The molecule has 0 aromatic heterocycles. The number of aryl methyl sites for hydroxylation is 3. The van der Waals surface area contributed by atoms with Crippen LogP contribution in [0.25, 0.3) is 0 Å². The summed E-state index contributed by atoms with van der Waals surface area (Å²) in [5.41, 5.74) is 3.57. The summed E-state index contributed by atoms with van der Waals surface area (Å²) in [7, 11) is -4.15. The molecule has 0 aliphatic carbocycles. The second-order valence-electron chi connectivity index (χ2n) is 10.6. The van der Waals surface area contributed by atoms with Crippen LogP contribution >= 0.6 is 0 Å². The second kappa shape index (κ2) is 13.8. The first-order valence-electron chi connectivity index (χ1n) is 13.9. The number of sulfonamides is 1. The predicted molar refractivity (Wildman–Crippen MR) is 161 cm³/mol. The van der Waals surface area contributed by atoms with Crippen LogP contribution in [0, 0.1) is 26.6 Å². The summed E-state index contributed by atoms with van der Waals surface area (Å²) in [6, 6.07) is 16.6. The fourth-order valence-corrected chi connectivity index (χ4v) is 6.01. The Kier molecular flexibility index (Phi) is 10.7. The van der Waals surface area contributed by atoms with E-state index in [2.05, 4.69) is 5.32 Å². The number of halogens is 1. The van der Waals surface area contributed by atoms with Gasteiger partial charge in [-0.2, -0.15) is 0 Å². The third-order valence-corrected chi connectivity index (χ3v) is 8.82. The quantitative estimate of drug-likeness (QED) is 0.299. The van der Waals surface area contributed by atoms with Gasteiger partial charge in [0.15, 0.2) is 0 Å². The van der Waals surface area contributed by atoms with Crippen molar-refractivity contribution in [3.8, 4) is 0 Å². The maximum atomic E-state index is 14.1. The highest BCUT2D eigenvalue weighted by molar-refractivity contribution is 7.92. The lowest BCUT2D eigenvalue weighted by molar-refractivity contribution is -0.140. The SMILES string of the molecule is CC[C@H](C)NC(=O)[C@H](CC)N(Cc1ccc(F)cc1)C(=O)CN(c1cc(C)cc(C)c1)S(=O)(=O)c1ccc(C)cc1. The molecule has 0 unspecified atom stereocenters. The van der Waals surface area contributed by atoms with Gasteiger partial charge >= 0.3 is 0 Å². The van der Waals surface area contributed by atoms with Gasteiger partial charge in [-0.05, 0) is 93.6 Å². The molecule has 0 heterocycles. The minimum Gasteiger partial charge on any atom is -0.352 e. The largest absolute Gasteiger partial charge is 0.352 e. The molecule has 0 spiro atoms. The molecule has 7 nitrogen and oxygen atoms in total. The number of amides is 2. The lowest BCUT2D eigenvalue weighted by Gasteiger charge is -2.34. The molecule has 0 aliphatic heterocycles. The first-order valence-corrected chi connectivity index (χ1v) is 15.3. The minimum absolute atomic E-state index is 0.0107. The molecule has 0 saturated carbocycles. The number of carbonyl (C=O) groups is 2. The van der Waals surface area contributed by atoms with Crippen molar-refractivity contribution in [2.24, 2.45) is 0 Å². The molecule has 3 rings (SSSR count). The van der Waals surface area contributed by atoms with Gasteiger partial charge in [0, 0.05) is 12.6 Å². The molecule has 41 heavy (non-hydrogen) atoms. The predicted octanol–water partition coefficient (Wildman–Crippen LogP) is 5.67. The van der Waals surface area contributed by atoms with Crippen LogP contribution in [-0.2, 0) is 26.2 Å². The van der Waals surface area contributed by atoms with Crippen LogP contribution in [-0.4, -0.2) is 43.8 Å². The molecule has 0 radical (unpaired) electrons. The summed E-state index contributed by atoms with van der Waals surface area (Å²) in [4.78, 5) is 28.9. The lowest BCUT2D eigenvalue weighted by atomic mass is 10.1. The van der Waals surface area contributed by atoms with E-state index in [9.17, 15) is 22.4 Å². The van der Waals surface area contributed by atoms with Gasteiger partial charge in [0.1, 0.15) is 18.4 Å². The highest BCUT2D eigenvalue weighted by Crippen LogP contribution is 2.27. The fraction of sp³-hybridized carbons (Fsp3) is 0.375. The van der Waals surface area contributed by atoms with Crippen molar-refractivity contribution in [3.05, 3.63) is 94.8 Å². The fourth-order valence-electron chi connectivity index (χ4n) is 4.61. The Hall–Kier alpha value is -3.72. The lowest BCUT2D eigenvalue weighted by Crippen LogP contribution is -2.53. The molecular weight excluding hydrogens is 541 g/mol. The van der Waals surface area contributed by atoms with Crippen molar-refractivity contribution in [2.45, 2.75) is 77.9 Å². The maximum absolute atomic E-state index is 14.1. The number of nitrogens with one attached hydrogen (secondary N) is 1. The number of benzene rings is 3. The normalized spacial score (nSPS) is 12.9. The molecule has 1 N–H and O–H groups in total. The summed E-state index contributed by atoms with van der Waals surface area (Å²) in [6.45, 7) is 10.7. The minimum atomic E-state index is -4.15. The van der Waals surface area contributed by atoms with Crippen LogP contribution in [0.4, 0.5) is 10.1 Å². The van der Waals surface area contributed by atoms with Crippen LogP contribution in [0.15, 0.2) is 71.6 Å². The molecule has 3 aromatic carbocycles. The van der Waals surface area contributed by atoms with Crippen LogP contribution in [0.1, 0.15) is 55.9 Å². The standard InChI is InChI=1S/C32H40FN3O4S/c1-7-25(6)34-32(38)30(8-2)35(20-26-11-13-27(33)14-12-26)31(37)21-36(28-18-23(4)17-24(5)19-28)41(39,40)29-15-9-22(3)10-16-29/h9-19,25,30H,7-8,20-21H2,1-6H3,(H,34,38)/t25-,30-/m0/s1. The first kappa shape index (κ1) is 31.8. The maximum Gasteiger partial charge on any atom is 0.264 e. The van der Waals surface area contributed by atoms with Crippen molar-refractivity contribution in [1.82, 2.24) is 10.2 Å². The highest BCUT2D eigenvalue weighted by Gasteiger charge is 2.34. The first-order chi connectivity index (χ1) is 19.3. The van der Waals surface area contributed by atoms with E-state index in [0.717, 1.165) is 21.0 Å². The number of hydrogen-bond acceptors (Lipinski definition) is 4. The monoisotopic (exact) mass is 581 g/mol. The summed E-state index contributed by atoms with van der Waals surface area (Å²) in [5, 5.41) is 2.95. The van der Waals surface area contributed by atoms with Gasteiger partial charge in [-0.15, -0.1) is 0 Å². The number of rotatable bonds is 12. The number of carbonyl (C=O) groups excluding carboxylic acids is 2. The smallest absolute Gasteiger partial charge is 0.264 e. The number of nitrogens with zero attached hydrogens (tertiary/aromatic N) is 2. The Balaban J connectivity index is 2.09. The Morgan fingerprint density at radius 1 is 0.854 bits per heavy atom. The Labute approximate surface area is 243 Å². The van der Waals surface area contributed by atoms with Crippen LogP contribution in [0.2, 0.25) is 0 Å². The van der Waals surface area contributed by atoms with Gasteiger partial charge in [-0.1, -0.05) is 49.7 Å². The zero-order valence-electron chi connectivity index (χ0n) is 24.6. The Bertz CT molecular complexity index is 1440. The van der Waals surface area contributed by atoms with E-state index in [-0.39, 0.29) is 23.4 Å². The van der Waals surface area contributed by atoms with E-state index in [4.69, 9.17) is 0 Å². The number of hydrogen-bond donors (Lipinski definition) is 1. The van der Waals surface area contributed by atoms with Crippen molar-refractivity contribution in [3.63, 3.8) is 0 Å². The van der Waals surface area contributed by atoms with E-state index in [0.29, 0.717) is 24.1 Å². The number of anilines is 1. The van der Waals surface area contributed by atoms with E-state index in [1.165, 1.54) is 29.2 Å². The molecule has 0 bridgehead atoms. The van der Waals surface area contributed by atoms with Crippen LogP contribution < -0.4 is 9.62 Å². The van der Waals surface area contributed by atoms with E-state index in [1.54, 1.807) is 43.3 Å². The topological polar surface area (TPSA) is 86.8 Å². The molecule has 3 aromatic rings. The van der Waals surface area contributed by atoms with Gasteiger partial charge in [0.05, 0.1) is 10.6 Å². The Morgan fingerprint density at radius 3 is 1.98 bits per heavy atom. The molecule has 9 heteroatoms. The molecule has 220 valence electrons. The molecule has 0 fully saturated rings. The molecule has 2 amide bonds. The zero-order chi connectivity index (χ0) is 30.3. The molecule has 0 saturated heterocycles. The molecule has 0 aliphatic rings. The highest BCUT2D eigenvalue weighted by atomic mass is 32.2. The summed E-state index contributed by atoms with van der Waals surface area (Å²) in [6.07, 6.45) is 1.02. The molecular formula is C32H40FN3O4S. The van der Waals surface area contributed by atoms with E-state index >= 15 is 0 Å². The van der Waals surface area contributed by atoms with Crippen LogP contribution in [0.3, 0.4) is 0 Å². The van der Waals surface area contributed by atoms with Gasteiger partial charge in [-0.25, -0.2) is 12.8 Å². The summed E-state index contributed by atoms with van der Waals surface area (Å²) in [5.74, 6) is -1.29. The van der Waals surface area contributed by atoms with Crippen molar-refractivity contribution in [2.75, 3.05) is 10.8 Å². The van der Waals surface area contributed by atoms with Crippen molar-refractivity contribution in [1.29, 1.82) is 0 Å². The second-order valence-corrected chi connectivity index (χ2v) is 12.4. The van der Waals surface area contributed by atoms with Gasteiger partial charge in [-0.3, -0.25) is 13.9 Å². The zero-order valence-corrected chi connectivity index (χ0v) is 25.5. The summed E-state index contributed by atoms with van der Waals surface area (Å²) >= 11 is 0. The average molecular weight is 582 g/mol. The van der Waals surface area contributed by atoms with Gasteiger partial charge in [0.25, 0.3) is 10.0 Å². The van der Waals surface area contributed by atoms with E-state index < -0.39 is 34.3 Å². The van der Waals surface area contributed by atoms with Crippen LogP contribution in [0.5, 0.6) is 0 Å². The Morgan fingerprint density at radius 2 is 1.44 bits per heavy atom.